The minimum Gasteiger partial charge on any atom is -0.477 e. The fourth-order valence-electron chi connectivity index (χ4n) is 2.22. The largest absolute Gasteiger partial charge is 0.477 e. The van der Waals surface area contributed by atoms with E-state index in [9.17, 15) is 22.8 Å². The highest BCUT2D eigenvalue weighted by Crippen LogP contribution is 2.23. The number of carboxylic acid groups (broad SMARTS) is 1. The number of aromatic carboxylic acids is 1. The van der Waals surface area contributed by atoms with Crippen LogP contribution < -0.4 is 5.43 Å². The molecule has 24 heavy (non-hydrogen) atoms. The van der Waals surface area contributed by atoms with E-state index in [-0.39, 0.29) is 11.2 Å². The van der Waals surface area contributed by atoms with Crippen LogP contribution in [0.5, 0.6) is 0 Å². The van der Waals surface area contributed by atoms with Crippen molar-refractivity contribution in [3.8, 4) is 5.69 Å². The van der Waals surface area contributed by atoms with Gasteiger partial charge in [-0.1, -0.05) is 11.6 Å². The lowest BCUT2D eigenvalue weighted by Gasteiger charge is -2.13. The third-order valence-electron chi connectivity index (χ3n) is 3.29. The number of nitrogens with zero attached hydrogens (tertiary/aromatic N) is 2. The van der Waals surface area contributed by atoms with E-state index in [0.29, 0.717) is 6.07 Å². The van der Waals surface area contributed by atoms with Gasteiger partial charge in [0, 0.05) is 12.3 Å². The number of halogens is 4. The Hall–Kier alpha value is -2.87. The standard InChI is InChI=1S/C15H6ClF3N2O3/c16-8-4-11-12(20-14(8)19)13(22)7(15(23)24)5-21(11)10-2-1-6(17)3-9(10)18/h1-5H,(H,23,24). The monoisotopic (exact) mass is 354 g/mol. The summed E-state index contributed by atoms with van der Waals surface area (Å²) in [7, 11) is 0. The highest BCUT2D eigenvalue weighted by atomic mass is 35.5. The molecule has 0 amide bonds. The summed E-state index contributed by atoms with van der Waals surface area (Å²) in [6.07, 6.45) is 0.846. The van der Waals surface area contributed by atoms with Crippen molar-refractivity contribution in [2.75, 3.05) is 0 Å². The fraction of sp³-hybridized carbons (Fsp3) is 0. The van der Waals surface area contributed by atoms with Gasteiger partial charge in [0.2, 0.25) is 11.4 Å². The average molecular weight is 355 g/mol. The van der Waals surface area contributed by atoms with Gasteiger partial charge in [0.15, 0.2) is 0 Å². The highest BCUT2D eigenvalue weighted by Gasteiger charge is 2.20. The molecule has 0 saturated heterocycles. The van der Waals surface area contributed by atoms with Crippen molar-refractivity contribution in [2.24, 2.45) is 0 Å². The van der Waals surface area contributed by atoms with E-state index in [1.165, 1.54) is 0 Å². The first kappa shape index (κ1) is 16.0. The third-order valence-corrected chi connectivity index (χ3v) is 3.56. The van der Waals surface area contributed by atoms with Gasteiger partial charge in [0.25, 0.3) is 0 Å². The van der Waals surface area contributed by atoms with Crippen LogP contribution in [0, 0.1) is 17.6 Å². The Morgan fingerprint density at radius 3 is 2.54 bits per heavy atom. The number of hydrogen-bond acceptors (Lipinski definition) is 3. The van der Waals surface area contributed by atoms with Crippen molar-refractivity contribution in [2.45, 2.75) is 0 Å². The quantitative estimate of drug-likeness (QED) is 0.718. The minimum atomic E-state index is -1.60. The zero-order valence-electron chi connectivity index (χ0n) is 11.6. The molecule has 0 aliphatic rings. The van der Waals surface area contributed by atoms with Crippen LogP contribution in [0.25, 0.3) is 16.7 Å². The van der Waals surface area contributed by atoms with E-state index in [0.717, 1.165) is 29.0 Å². The maximum absolute atomic E-state index is 14.1. The minimum absolute atomic E-state index is 0.123. The molecule has 0 unspecified atom stereocenters. The van der Waals surface area contributed by atoms with Crippen molar-refractivity contribution < 1.29 is 23.1 Å². The van der Waals surface area contributed by atoms with E-state index < -0.39 is 45.1 Å². The lowest BCUT2D eigenvalue weighted by Crippen LogP contribution is -2.20. The molecule has 0 fully saturated rings. The van der Waals surface area contributed by atoms with Gasteiger partial charge >= 0.3 is 5.97 Å². The van der Waals surface area contributed by atoms with Gasteiger partial charge in [-0.2, -0.15) is 4.39 Å². The summed E-state index contributed by atoms with van der Waals surface area (Å²) >= 11 is 5.64. The van der Waals surface area contributed by atoms with Crippen LogP contribution in [-0.2, 0) is 0 Å². The number of pyridine rings is 2. The number of hydrogen-bond donors (Lipinski definition) is 1. The summed E-state index contributed by atoms with van der Waals surface area (Å²) in [4.78, 5) is 26.7. The van der Waals surface area contributed by atoms with Gasteiger partial charge in [-0.15, -0.1) is 0 Å². The number of carboxylic acids is 1. The normalized spacial score (nSPS) is 11.0. The van der Waals surface area contributed by atoms with Crippen molar-refractivity contribution >= 4 is 28.6 Å². The molecule has 122 valence electrons. The molecule has 0 spiro atoms. The molecular formula is C15H6ClF3N2O3. The van der Waals surface area contributed by atoms with E-state index >= 15 is 0 Å². The molecule has 0 bridgehead atoms. The molecule has 2 heterocycles. The van der Waals surface area contributed by atoms with Gasteiger partial charge in [-0.25, -0.2) is 18.6 Å². The molecule has 0 aliphatic carbocycles. The van der Waals surface area contributed by atoms with Crippen LogP contribution in [0.1, 0.15) is 10.4 Å². The molecular weight excluding hydrogens is 349 g/mol. The van der Waals surface area contributed by atoms with E-state index in [1.807, 2.05) is 0 Å². The lowest BCUT2D eigenvalue weighted by molar-refractivity contribution is 0.0695. The number of aromatic nitrogens is 2. The first-order chi connectivity index (χ1) is 11.3. The van der Waals surface area contributed by atoms with Crippen molar-refractivity contribution in [3.05, 3.63) is 68.9 Å². The summed E-state index contributed by atoms with van der Waals surface area (Å²) in [5.41, 5.74) is -2.72. The summed E-state index contributed by atoms with van der Waals surface area (Å²) in [5, 5.41) is 8.68. The maximum Gasteiger partial charge on any atom is 0.341 e. The second-order valence-corrected chi connectivity index (χ2v) is 5.18. The van der Waals surface area contributed by atoms with E-state index in [2.05, 4.69) is 4.98 Å². The molecule has 0 radical (unpaired) electrons. The molecule has 0 aliphatic heterocycles. The van der Waals surface area contributed by atoms with Crippen molar-refractivity contribution in [1.82, 2.24) is 9.55 Å². The van der Waals surface area contributed by atoms with Crippen molar-refractivity contribution in [3.63, 3.8) is 0 Å². The molecule has 1 aromatic carbocycles. The van der Waals surface area contributed by atoms with Crippen LogP contribution in [0.4, 0.5) is 13.2 Å². The van der Waals surface area contributed by atoms with Gasteiger partial charge < -0.3 is 9.67 Å². The Balaban J connectivity index is 2.50. The predicted octanol–water partition coefficient (Wildman–Crippen LogP) is 3.15. The summed E-state index contributed by atoms with van der Waals surface area (Å²) in [6, 6.07) is 3.58. The average Bonchev–Trinajstić information content (AvgIpc) is 2.50. The zero-order chi connectivity index (χ0) is 17.6. The molecule has 3 aromatic rings. The summed E-state index contributed by atoms with van der Waals surface area (Å²) < 4.78 is 41.7. The first-order valence-electron chi connectivity index (χ1n) is 6.39. The molecule has 3 rings (SSSR count). The Bertz CT molecular complexity index is 1070. The van der Waals surface area contributed by atoms with Crippen LogP contribution in [-0.4, -0.2) is 20.6 Å². The zero-order valence-corrected chi connectivity index (χ0v) is 12.3. The van der Waals surface area contributed by atoms with E-state index in [1.54, 1.807) is 0 Å². The van der Waals surface area contributed by atoms with Crippen molar-refractivity contribution in [1.29, 1.82) is 0 Å². The maximum atomic E-state index is 14.1. The number of benzene rings is 1. The summed E-state index contributed by atoms with van der Waals surface area (Å²) in [6.45, 7) is 0. The Morgan fingerprint density at radius 1 is 1.21 bits per heavy atom. The van der Waals surface area contributed by atoms with E-state index in [4.69, 9.17) is 16.7 Å². The molecule has 0 atom stereocenters. The molecule has 2 aromatic heterocycles. The SMILES string of the molecule is O=C(O)c1cn(-c2ccc(F)cc2F)c2cc(Cl)c(F)nc2c1=O. The molecule has 0 saturated carbocycles. The Kier molecular flexibility index (Phi) is 3.76. The predicted molar refractivity (Wildman–Crippen MR) is 79.2 cm³/mol. The van der Waals surface area contributed by atoms with Crippen LogP contribution in [0.2, 0.25) is 5.02 Å². The van der Waals surface area contributed by atoms with Gasteiger partial charge in [0.05, 0.1) is 16.2 Å². The second kappa shape index (κ2) is 5.64. The Morgan fingerprint density at radius 2 is 1.92 bits per heavy atom. The second-order valence-electron chi connectivity index (χ2n) is 4.77. The molecule has 5 nitrogen and oxygen atoms in total. The van der Waals surface area contributed by atoms with Crippen LogP contribution in [0.15, 0.2) is 35.3 Å². The number of fused-ring (bicyclic) bond motifs is 1. The first-order valence-corrected chi connectivity index (χ1v) is 6.77. The van der Waals surface area contributed by atoms with Crippen LogP contribution in [0.3, 0.4) is 0 Å². The van der Waals surface area contributed by atoms with Crippen LogP contribution >= 0.6 is 11.6 Å². The van der Waals surface area contributed by atoms with Gasteiger partial charge in [-0.05, 0) is 18.2 Å². The van der Waals surface area contributed by atoms with Gasteiger partial charge in [0.1, 0.15) is 22.7 Å². The summed E-state index contributed by atoms with van der Waals surface area (Å²) in [5.74, 6) is -4.63. The fourth-order valence-corrected chi connectivity index (χ4v) is 2.37. The lowest BCUT2D eigenvalue weighted by atomic mass is 10.2. The highest BCUT2D eigenvalue weighted by molar-refractivity contribution is 6.31. The Labute approximate surface area is 136 Å². The molecule has 9 heteroatoms. The third kappa shape index (κ3) is 2.50. The number of rotatable bonds is 2. The van der Waals surface area contributed by atoms with Gasteiger partial charge in [-0.3, -0.25) is 4.79 Å². The number of carbonyl (C=O) groups is 1. The smallest absolute Gasteiger partial charge is 0.341 e. The molecule has 1 N–H and O–H groups in total. The topological polar surface area (TPSA) is 72.2 Å².